The van der Waals surface area contributed by atoms with Crippen molar-refractivity contribution in [3.05, 3.63) is 24.5 Å². The van der Waals surface area contributed by atoms with Crippen LogP contribution in [0.4, 0.5) is 0 Å². The predicted molar refractivity (Wildman–Crippen MR) is 102 cm³/mol. The molecule has 0 atom stereocenters. The zero-order valence-electron chi connectivity index (χ0n) is 14.4. The summed E-state index contributed by atoms with van der Waals surface area (Å²) in [6, 6.07) is 3.16. The number of carbonyl (C=O) groups excluding carboxylic acids is 1. The van der Waals surface area contributed by atoms with Gasteiger partial charge in [-0.05, 0) is 32.0 Å². The molecule has 1 aromatic heterocycles. The van der Waals surface area contributed by atoms with Crippen molar-refractivity contribution >= 4 is 40.7 Å². The average Bonchev–Trinajstić information content (AvgIpc) is 2.59. The van der Waals surface area contributed by atoms with Gasteiger partial charge in [0.05, 0.1) is 0 Å². The Kier molecular flexibility index (Phi) is 10.5. The average molecular weight is 413 g/mol. The van der Waals surface area contributed by atoms with Crippen LogP contribution in [0, 0.1) is 5.92 Å². The third kappa shape index (κ3) is 6.07. The molecule has 1 aliphatic heterocycles. The fourth-order valence-corrected chi connectivity index (χ4v) is 4.13. The van der Waals surface area contributed by atoms with Crippen molar-refractivity contribution in [1.29, 1.82) is 0 Å². The van der Waals surface area contributed by atoms with Crippen LogP contribution in [0.5, 0.6) is 0 Å². The number of halogens is 2. The Morgan fingerprint density at radius 1 is 1.36 bits per heavy atom. The maximum absolute atomic E-state index is 12.5. The van der Waals surface area contributed by atoms with Gasteiger partial charge in [-0.1, -0.05) is 0 Å². The van der Waals surface area contributed by atoms with E-state index in [0.717, 1.165) is 6.54 Å². The Balaban J connectivity index is 0.00000288. The molecule has 0 saturated carbocycles. The molecule has 0 bridgehead atoms. The molecule has 1 saturated heterocycles. The van der Waals surface area contributed by atoms with Gasteiger partial charge in [0.25, 0.3) is 0 Å². The number of likely N-dealkylation sites (N-methyl/N-ethyl adjacent to an activating group) is 2. The summed E-state index contributed by atoms with van der Waals surface area (Å²) in [4.78, 5) is 18.1. The van der Waals surface area contributed by atoms with E-state index in [-0.39, 0.29) is 41.5 Å². The van der Waals surface area contributed by atoms with E-state index in [1.54, 1.807) is 30.3 Å². The normalized spacial score (nSPS) is 15.8. The van der Waals surface area contributed by atoms with Crippen LogP contribution in [0.3, 0.4) is 0 Å². The van der Waals surface area contributed by atoms with Gasteiger partial charge in [-0.25, -0.2) is 8.42 Å². The number of pyridine rings is 1. The number of piperidine rings is 1. The number of nitrogens with one attached hydrogen (secondary N) is 1. The summed E-state index contributed by atoms with van der Waals surface area (Å²) in [5.41, 5.74) is 0. The van der Waals surface area contributed by atoms with E-state index in [1.165, 1.54) is 10.5 Å². The highest BCUT2D eigenvalue weighted by atomic mass is 35.5. The molecule has 1 fully saturated rings. The molecule has 2 heterocycles. The lowest BCUT2D eigenvalue weighted by molar-refractivity contribution is -0.135. The van der Waals surface area contributed by atoms with Crippen LogP contribution >= 0.6 is 24.8 Å². The van der Waals surface area contributed by atoms with Gasteiger partial charge in [0, 0.05) is 51.5 Å². The van der Waals surface area contributed by atoms with Crippen LogP contribution in [0.2, 0.25) is 0 Å². The highest BCUT2D eigenvalue weighted by molar-refractivity contribution is 7.89. The molecule has 0 aromatic carbocycles. The van der Waals surface area contributed by atoms with Crippen molar-refractivity contribution in [3.8, 4) is 0 Å². The summed E-state index contributed by atoms with van der Waals surface area (Å²) in [6.07, 6.45) is 4.02. The maximum Gasteiger partial charge on any atom is 0.244 e. The highest BCUT2D eigenvalue weighted by Crippen LogP contribution is 2.24. The minimum atomic E-state index is -3.51. The fourth-order valence-electron chi connectivity index (χ4n) is 2.69. The topological polar surface area (TPSA) is 82.6 Å². The highest BCUT2D eigenvalue weighted by Gasteiger charge is 2.33. The first-order valence-corrected chi connectivity index (χ1v) is 9.20. The van der Waals surface area contributed by atoms with E-state index in [2.05, 4.69) is 10.3 Å². The van der Waals surface area contributed by atoms with Crippen LogP contribution in [0.1, 0.15) is 12.8 Å². The maximum atomic E-state index is 12.5. The first kappa shape index (κ1) is 24.1. The Bertz CT molecular complexity index is 623. The van der Waals surface area contributed by atoms with E-state index < -0.39 is 10.0 Å². The SMILES string of the molecule is CNCCN(C)C(=O)C1CCN(S(=O)(=O)c2cccnc2)CC1.Cl.Cl. The Morgan fingerprint density at radius 2 is 2.00 bits per heavy atom. The number of carbonyl (C=O) groups is 1. The van der Waals surface area contributed by atoms with Gasteiger partial charge in [-0.15, -0.1) is 24.8 Å². The van der Waals surface area contributed by atoms with Crippen LogP contribution < -0.4 is 5.32 Å². The molecule has 10 heteroatoms. The lowest BCUT2D eigenvalue weighted by atomic mass is 9.97. The van der Waals surface area contributed by atoms with Crippen molar-refractivity contribution < 1.29 is 13.2 Å². The van der Waals surface area contributed by atoms with Crippen molar-refractivity contribution in [2.24, 2.45) is 5.92 Å². The number of hydrogen-bond acceptors (Lipinski definition) is 5. The summed E-state index contributed by atoms with van der Waals surface area (Å²) >= 11 is 0. The molecule has 1 aromatic rings. The molecule has 0 spiro atoms. The van der Waals surface area contributed by atoms with E-state index in [9.17, 15) is 13.2 Å². The number of aromatic nitrogens is 1. The lowest BCUT2D eigenvalue weighted by Gasteiger charge is -2.32. The van der Waals surface area contributed by atoms with Gasteiger partial charge in [-0.3, -0.25) is 9.78 Å². The molecule has 25 heavy (non-hydrogen) atoms. The molecule has 0 unspecified atom stereocenters. The molecule has 1 amide bonds. The summed E-state index contributed by atoms with van der Waals surface area (Å²) < 4.78 is 26.5. The minimum absolute atomic E-state index is 0. The van der Waals surface area contributed by atoms with Crippen molar-refractivity contribution in [2.45, 2.75) is 17.7 Å². The lowest BCUT2D eigenvalue weighted by Crippen LogP contribution is -2.44. The quantitative estimate of drug-likeness (QED) is 0.753. The largest absolute Gasteiger partial charge is 0.344 e. The predicted octanol–water partition coefficient (Wildman–Crippen LogP) is 1.00. The standard InChI is InChI=1S/C15H24N4O3S.2ClH/c1-16-8-11-18(2)15(20)13-5-9-19(10-6-13)23(21,22)14-4-3-7-17-12-14;;/h3-4,7,12-13,16H,5-6,8-11H2,1-2H3;2*1H. The van der Waals surface area contributed by atoms with Crippen LogP contribution in [-0.4, -0.2) is 68.8 Å². The minimum Gasteiger partial charge on any atom is -0.344 e. The van der Waals surface area contributed by atoms with Gasteiger partial charge in [0.1, 0.15) is 4.90 Å². The zero-order valence-corrected chi connectivity index (χ0v) is 16.9. The Morgan fingerprint density at radius 3 is 2.52 bits per heavy atom. The van der Waals surface area contributed by atoms with E-state index in [0.29, 0.717) is 32.5 Å². The number of amides is 1. The van der Waals surface area contributed by atoms with Gasteiger partial charge in [0.15, 0.2) is 0 Å². The third-order valence-electron chi connectivity index (χ3n) is 4.15. The first-order chi connectivity index (χ1) is 11.0. The van der Waals surface area contributed by atoms with E-state index in [4.69, 9.17) is 0 Å². The molecule has 1 N–H and O–H groups in total. The van der Waals surface area contributed by atoms with Gasteiger partial charge >= 0.3 is 0 Å². The van der Waals surface area contributed by atoms with Crippen LogP contribution in [-0.2, 0) is 14.8 Å². The molecule has 2 rings (SSSR count). The second-order valence-electron chi connectivity index (χ2n) is 5.73. The molecule has 144 valence electrons. The van der Waals surface area contributed by atoms with Crippen molar-refractivity contribution in [1.82, 2.24) is 19.5 Å². The second kappa shape index (κ2) is 10.9. The third-order valence-corrected chi connectivity index (χ3v) is 6.03. The van der Waals surface area contributed by atoms with Crippen LogP contribution in [0.25, 0.3) is 0 Å². The van der Waals surface area contributed by atoms with Gasteiger partial charge < -0.3 is 10.2 Å². The van der Waals surface area contributed by atoms with Crippen molar-refractivity contribution in [3.63, 3.8) is 0 Å². The summed E-state index contributed by atoms with van der Waals surface area (Å²) in [6.45, 7) is 2.14. The number of sulfonamides is 1. The first-order valence-electron chi connectivity index (χ1n) is 7.76. The molecular formula is C15H26Cl2N4O3S. The van der Waals surface area contributed by atoms with Gasteiger partial charge in [0.2, 0.25) is 15.9 Å². The molecular weight excluding hydrogens is 387 g/mol. The zero-order chi connectivity index (χ0) is 16.9. The summed E-state index contributed by atoms with van der Waals surface area (Å²) in [5, 5.41) is 3.01. The molecule has 1 aliphatic rings. The monoisotopic (exact) mass is 412 g/mol. The fraction of sp³-hybridized carbons (Fsp3) is 0.600. The molecule has 7 nitrogen and oxygen atoms in total. The number of hydrogen-bond donors (Lipinski definition) is 1. The Labute approximate surface area is 162 Å². The van der Waals surface area contributed by atoms with Crippen molar-refractivity contribution in [2.75, 3.05) is 40.3 Å². The molecule has 0 aliphatic carbocycles. The van der Waals surface area contributed by atoms with E-state index >= 15 is 0 Å². The van der Waals surface area contributed by atoms with E-state index in [1.807, 2.05) is 7.05 Å². The number of nitrogens with zero attached hydrogens (tertiary/aromatic N) is 3. The summed E-state index contributed by atoms with van der Waals surface area (Å²) in [5.74, 6) is -0.00381. The number of rotatable bonds is 6. The molecule has 0 radical (unpaired) electrons. The van der Waals surface area contributed by atoms with Crippen LogP contribution in [0.15, 0.2) is 29.4 Å². The second-order valence-corrected chi connectivity index (χ2v) is 7.67. The smallest absolute Gasteiger partial charge is 0.244 e. The van der Waals surface area contributed by atoms with Gasteiger partial charge in [-0.2, -0.15) is 4.31 Å². The summed E-state index contributed by atoms with van der Waals surface area (Å²) in [7, 11) is 0.128. The Hall–Kier alpha value is -0.930.